The first kappa shape index (κ1) is 14.3. The first-order valence-electron chi connectivity index (χ1n) is 8.37. The molecule has 2 heterocycles. The third kappa shape index (κ3) is 4.55. The van der Waals surface area contributed by atoms with E-state index in [1.807, 2.05) is 0 Å². The van der Waals surface area contributed by atoms with Crippen molar-refractivity contribution < 1.29 is 0 Å². The topological polar surface area (TPSA) is 15.3 Å². The van der Waals surface area contributed by atoms with Crippen molar-refractivity contribution in [2.75, 3.05) is 19.6 Å². The molecule has 2 atom stereocenters. The number of nitrogens with zero attached hydrogens (tertiary/aromatic N) is 1. The number of piperidine rings is 1. The van der Waals surface area contributed by atoms with Crippen molar-refractivity contribution in [3.63, 3.8) is 0 Å². The second-order valence-corrected chi connectivity index (χ2v) is 6.28. The van der Waals surface area contributed by atoms with Crippen molar-refractivity contribution >= 4 is 0 Å². The molecule has 1 N–H and O–H groups in total. The van der Waals surface area contributed by atoms with Gasteiger partial charge in [0.2, 0.25) is 0 Å². The number of hydrogen-bond acceptors (Lipinski definition) is 2. The van der Waals surface area contributed by atoms with Gasteiger partial charge in [-0.2, -0.15) is 0 Å². The Morgan fingerprint density at radius 1 is 1.00 bits per heavy atom. The number of hydrogen-bond donors (Lipinski definition) is 1. The number of rotatable bonds is 8. The molecule has 2 fully saturated rings. The minimum absolute atomic E-state index is 0.819. The zero-order chi connectivity index (χ0) is 12.6. The van der Waals surface area contributed by atoms with Crippen LogP contribution in [0.4, 0.5) is 0 Å². The zero-order valence-corrected chi connectivity index (χ0v) is 12.3. The molecule has 106 valence electrons. The molecule has 2 heteroatoms. The van der Waals surface area contributed by atoms with E-state index >= 15 is 0 Å². The van der Waals surface area contributed by atoms with E-state index in [0.29, 0.717) is 0 Å². The van der Waals surface area contributed by atoms with E-state index in [-0.39, 0.29) is 0 Å². The van der Waals surface area contributed by atoms with Gasteiger partial charge in [-0.05, 0) is 51.7 Å². The quantitative estimate of drug-likeness (QED) is 0.664. The lowest BCUT2D eigenvalue weighted by atomic mass is 9.97. The summed E-state index contributed by atoms with van der Waals surface area (Å²) in [5, 5.41) is 3.80. The van der Waals surface area contributed by atoms with Gasteiger partial charge in [-0.25, -0.2) is 0 Å². The summed E-state index contributed by atoms with van der Waals surface area (Å²) in [6.07, 6.45) is 14.2. The highest BCUT2D eigenvalue weighted by molar-refractivity contribution is 4.89. The Kier molecular flexibility index (Phi) is 6.50. The van der Waals surface area contributed by atoms with Crippen molar-refractivity contribution in [2.45, 2.75) is 83.2 Å². The van der Waals surface area contributed by atoms with Gasteiger partial charge in [-0.3, -0.25) is 0 Å². The molecule has 0 aromatic rings. The van der Waals surface area contributed by atoms with Gasteiger partial charge in [0.05, 0.1) is 0 Å². The summed E-state index contributed by atoms with van der Waals surface area (Å²) in [4.78, 5) is 2.71. The molecule has 0 radical (unpaired) electrons. The van der Waals surface area contributed by atoms with Crippen molar-refractivity contribution in [1.29, 1.82) is 0 Å². The predicted octanol–water partition coefficient (Wildman–Crippen LogP) is 3.56. The number of fused-ring (bicyclic) bond motifs is 1. The van der Waals surface area contributed by atoms with Crippen LogP contribution >= 0.6 is 0 Å². The molecule has 2 saturated heterocycles. The summed E-state index contributed by atoms with van der Waals surface area (Å²) < 4.78 is 0. The van der Waals surface area contributed by atoms with Crippen molar-refractivity contribution in [3.8, 4) is 0 Å². The molecule has 2 aliphatic rings. The predicted molar refractivity (Wildman–Crippen MR) is 79.0 cm³/mol. The second-order valence-electron chi connectivity index (χ2n) is 6.28. The van der Waals surface area contributed by atoms with Gasteiger partial charge in [0, 0.05) is 12.1 Å². The van der Waals surface area contributed by atoms with Crippen LogP contribution in [0.5, 0.6) is 0 Å². The molecule has 0 spiro atoms. The molecule has 0 aliphatic carbocycles. The Balaban J connectivity index is 1.47. The molecule has 2 unspecified atom stereocenters. The molecular weight excluding hydrogens is 220 g/mol. The molecule has 2 aliphatic heterocycles. The fourth-order valence-corrected chi connectivity index (χ4v) is 3.62. The molecule has 0 aromatic carbocycles. The maximum atomic E-state index is 3.80. The van der Waals surface area contributed by atoms with E-state index in [0.717, 1.165) is 12.1 Å². The van der Waals surface area contributed by atoms with Gasteiger partial charge < -0.3 is 10.2 Å². The lowest BCUT2D eigenvalue weighted by Gasteiger charge is -2.35. The molecular formula is C16H32N2. The Labute approximate surface area is 114 Å². The van der Waals surface area contributed by atoms with Crippen LogP contribution in [0.25, 0.3) is 0 Å². The molecule has 0 saturated carbocycles. The highest BCUT2D eigenvalue weighted by Crippen LogP contribution is 2.26. The van der Waals surface area contributed by atoms with Crippen LogP contribution in [0.1, 0.15) is 71.1 Å². The van der Waals surface area contributed by atoms with Gasteiger partial charge in [0.1, 0.15) is 0 Å². The van der Waals surface area contributed by atoms with E-state index in [1.54, 1.807) is 0 Å². The monoisotopic (exact) mass is 252 g/mol. The number of unbranched alkanes of at least 4 members (excludes halogenated alkanes) is 5. The van der Waals surface area contributed by atoms with Crippen LogP contribution in [0, 0.1) is 0 Å². The minimum Gasteiger partial charge on any atom is -0.314 e. The average Bonchev–Trinajstić information content (AvgIpc) is 2.85. The highest BCUT2D eigenvalue weighted by atomic mass is 15.2. The Bertz CT molecular complexity index is 217. The van der Waals surface area contributed by atoms with Crippen LogP contribution in [-0.2, 0) is 0 Å². The lowest BCUT2D eigenvalue weighted by molar-refractivity contribution is 0.167. The zero-order valence-electron chi connectivity index (χ0n) is 12.3. The van der Waals surface area contributed by atoms with Crippen molar-refractivity contribution in [2.24, 2.45) is 0 Å². The van der Waals surface area contributed by atoms with Crippen LogP contribution in [-0.4, -0.2) is 36.6 Å². The third-order valence-electron chi connectivity index (χ3n) is 4.78. The molecule has 2 rings (SSSR count). The second kappa shape index (κ2) is 8.16. The van der Waals surface area contributed by atoms with Crippen LogP contribution in [0.3, 0.4) is 0 Å². The largest absolute Gasteiger partial charge is 0.314 e. The van der Waals surface area contributed by atoms with E-state index in [4.69, 9.17) is 0 Å². The number of nitrogens with one attached hydrogen (secondary N) is 1. The summed E-state index contributed by atoms with van der Waals surface area (Å²) in [5.41, 5.74) is 0. The van der Waals surface area contributed by atoms with Crippen LogP contribution in [0.15, 0.2) is 0 Å². The van der Waals surface area contributed by atoms with Crippen LogP contribution < -0.4 is 5.32 Å². The first-order valence-corrected chi connectivity index (χ1v) is 8.37. The maximum absolute atomic E-state index is 3.80. The Hall–Kier alpha value is -0.0800. The molecule has 18 heavy (non-hydrogen) atoms. The standard InChI is InChI=1S/C16H32N2/c1-2-3-4-5-6-7-11-17-15-10-13-18-12-8-9-16(18)14-15/h15-17H,2-14H2,1H3. The summed E-state index contributed by atoms with van der Waals surface area (Å²) in [6, 6.07) is 1.74. The normalized spacial score (nSPS) is 28.5. The fourth-order valence-electron chi connectivity index (χ4n) is 3.62. The van der Waals surface area contributed by atoms with E-state index < -0.39 is 0 Å². The Morgan fingerprint density at radius 2 is 1.83 bits per heavy atom. The van der Waals surface area contributed by atoms with E-state index in [1.165, 1.54) is 83.8 Å². The molecule has 0 aromatic heterocycles. The average molecular weight is 252 g/mol. The summed E-state index contributed by atoms with van der Waals surface area (Å²) >= 11 is 0. The molecule has 0 amide bonds. The van der Waals surface area contributed by atoms with Crippen molar-refractivity contribution in [1.82, 2.24) is 10.2 Å². The van der Waals surface area contributed by atoms with Gasteiger partial charge in [0.25, 0.3) is 0 Å². The fraction of sp³-hybridized carbons (Fsp3) is 1.00. The maximum Gasteiger partial charge on any atom is 0.0111 e. The highest BCUT2D eigenvalue weighted by Gasteiger charge is 2.31. The Morgan fingerprint density at radius 3 is 2.72 bits per heavy atom. The SMILES string of the molecule is CCCCCCCCNC1CCN2CCCC2C1. The van der Waals surface area contributed by atoms with E-state index in [2.05, 4.69) is 17.1 Å². The van der Waals surface area contributed by atoms with Gasteiger partial charge in [0.15, 0.2) is 0 Å². The summed E-state index contributed by atoms with van der Waals surface area (Å²) in [7, 11) is 0. The van der Waals surface area contributed by atoms with Crippen molar-refractivity contribution in [3.05, 3.63) is 0 Å². The smallest absolute Gasteiger partial charge is 0.0111 e. The van der Waals surface area contributed by atoms with Crippen LogP contribution in [0.2, 0.25) is 0 Å². The van der Waals surface area contributed by atoms with Gasteiger partial charge in [-0.15, -0.1) is 0 Å². The minimum atomic E-state index is 0.819. The molecule has 0 bridgehead atoms. The lowest BCUT2D eigenvalue weighted by Crippen LogP contribution is -2.45. The summed E-state index contributed by atoms with van der Waals surface area (Å²) in [5.74, 6) is 0. The first-order chi connectivity index (χ1) is 8.90. The molecule has 2 nitrogen and oxygen atoms in total. The van der Waals surface area contributed by atoms with Gasteiger partial charge >= 0.3 is 0 Å². The van der Waals surface area contributed by atoms with E-state index in [9.17, 15) is 0 Å². The summed E-state index contributed by atoms with van der Waals surface area (Å²) in [6.45, 7) is 6.26. The third-order valence-corrected chi connectivity index (χ3v) is 4.78. The van der Waals surface area contributed by atoms with Gasteiger partial charge in [-0.1, -0.05) is 39.0 Å².